The van der Waals surface area contributed by atoms with Crippen LogP contribution in [0.2, 0.25) is 0 Å². The molecule has 0 N–H and O–H groups in total. The van der Waals surface area contributed by atoms with Crippen LogP contribution in [0.15, 0.2) is 18.2 Å². The SMILES string of the molecule is CCN(CC)C(=O)c1ccc(I)cc1[N+](=O)[O-]. The number of hydrogen-bond donors (Lipinski definition) is 0. The van der Waals surface area contributed by atoms with Gasteiger partial charge >= 0.3 is 0 Å². The van der Waals surface area contributed by atoms with E-state index < -0.39 is 4.92 Å². The van der Waals surface area contributed by atoms with Crippen LogP contribution in [0.25, 0.3) is 0 Å². The van der Waals surface area contributed by atoms with Crippen LogP contribution >= 0.6 is 22.6 Å². The van der Waals surface area contributed by atoms with Crippen LogP contribution in [0, 0.1) is 13.7 Å². The molecule has 5 nitrogen and oxygen atoms in total. The van der Waals surface area contributed by atoms with Crippen LogP contribution in [-0.2, 0) is 0 Å². The number of benzene rings is 1. The molecular formula is C11H13IN2O3. The lowest BCUT2D eigenvalue weighted by atomic mass is 10.1. The van der Waals surface area contributed by atoms with Crippen LogP contribution in [-0.4, -0.2) is 28.8 Å². The van der Waals surface area contributed by atoms with Crippen molar-refractivity contribution in [2.45, 2.75) is 13.8 Å². The lowest BCUT2D eigenvalue weighted by Crippen LogP contribution is -2.30. The van der Waals surface area contributed by atoms with Gasteiger partial charge in [0.2, 0.25) is 0 Å². The van der Waals surface area contributed by atoms with E-state index in [9.17, 15) is 14.9 Å². The summed E-state index contributed by atoms with van der Waals surface area (Å²) in [5, 5.41) is 10.9. The van der Waals surface area contributed by atoms with Gasteiger partial charge in [0.15, 0.2) is 0 Å². The molecule has 0 heterocycles. The van der Waals surface area contributed by atoms with Crippen molar-refractivity contribution in [3.05, 3.63) is 37.4 Å². The van der Waals surface area contributed by atoms with Gasteiger partial charge in [-0.15, -0.1) is 0 Å². The monoisotopic (exact) mass is 348 g/mol. The highest BCUT2D eigenvalue weighted by atomic mass is 127. The minimum atomic E-state index is -0.515. The molecule has 0 aliphatic rings. The summed E-state index contributed by atoms with van der Waals surface area (Å²) >= 11 is 1.99. The Morgan fingerprint density at radius 2 is 2.00 bits per heavy atom. The molecule has 0 radical (unpaired) electrons. The van der Waals surface area contributed by atoms with Crippen molar-refractivity contribution in [3.8, 4) is 0 Å². The number of carbonyl (C=O) groups excluding carboxylic acids is 1. The first-order valence-electron chi connectivity index (χ1n) is 5.24. The number of nitro groups is 1. The fraction of sp³-hybridized carbons (Fsp3) is 0.364. The third-order valence-corrected chi connectivity index (χ3v) is 3.11. The Kier molecular flexibility index (Phi) is 4.86. The second-order valence-electron chi connectivity index (χ2n) is 3.40. The topological polar surface area (TPSA) is 63.5 Å². The van der Waals surface area contributed by atoms with Crippen molar-refractivity contribution in [2.75, 3.05) is 13.1 Å². The normalized spacial score (nSPS) is 10.1. The number of nitrogens with zero attached hydrogens (tertiary/aromatic N) is 2. The maximum Gasteiger partial charge on any atom is 0.283 e. The maximum atomic E-state index is 12.1. The molecule has 0 unspecified atom stereocenters. The van der Waals surface area contributed by atoms with E-state index in [1.807, 2.05) is 36.4 Å². The number of nitro benzene ring substituents is 1. The average Bonchev–Trinajstić information content (AvgIpc) is 2.30. The lowest BCUT2D eigenvalue weighted by Gasteiger charge is -2.18. The van der Waals surface area contributed by atoms with E-state index in [1.165, 1.54) is 12.1 Å². The van der Waals surface area contributed by atoms with Gasteiger partial charge in [-0.2, -0.15) is 0 Å². The smallest absolute Gasteiger partial charge is 0.283 e. The molecule has 0 bridgehead atoms. The molecule has 6 heteroatoms. The first-order chi connectivity index (χ1) is 8.01. The zero-order valence-corrected chi connectivity index (χ0v) is 11.8. The number of carbonyl (C=O) groups is 1. The summed E-state index contributed by atoms with van der Waals surface area (Å²) in [7, 11) is 0. The summed E-state index contributed by atoms with van der Waals surface area (Å²) in [6.07, 6.45) is 0. The second kappa shape index (κ2) is 5.95. The Balaban J connectivity index is 3.21. The molecule has 0 aliphatic heterocycles. The molecule has 1 rings (SSSR count). The number of halogens is 1. The standard InChI is InChI=1S/C11H13IN2O3/c1-3-13(4-2)11(15)9-6-5-8(12)7-10(9)14(16)17/h5-7H,3-4H2,1-2H3. The molecule has 0 spiro atoms. The van der Waals surface area contributed by atoms with Crippen molar-refractivity contribution in [1.29, 1.82) is 0 Å². The predicted molar refractivity (Wildman–Crippen MR) is 73.1 cm³/mol. The maximum absolute atomic E-state index is 12.1. The Hall–Kier alpha value is -1.18. The van der Waals surface area contributed by atoms with E-state index in [4.69, 9.17) is 0 Å². The molecule has 0 saturated carbocycles. The van der Waals surface area contributed by atoms with Gasteiger partial charge < -0.3 is 4.90 Å². The fourth-order valence-corrected chi connectivity index (χ4v) is 1.99. The Morgan fingerprint density at radius 1 is 1.41 bits per heavy atom. The van der Waals surface area contributed by atoms with Crippen LogP contribution in [0.1, 0.15) is 24.2 Å². The van der Waals surface area contributed by atoms with E-state index in [2.05, 4.69) is 0 Å². The van der Waals surface area contributed by atoms with Crippen molar-refractivity contribution in [3.63, 3.8) is 0 Å². The summed E-state index contributed by atoms with van der Waals surface area (Å²) in [5.41, 5.74) is 0.0212. The summed E-state index contributed by atoms with van der Waals surface area (Å²) in [5.74, 6) is -0.293. The van der Waals surface area contributed by atoms with E-state index in [0.717, 1.165) is 3.57 Å². The van der Waals surface area contributed by atoms with Gasteiger partial charge in [0.1, 0.15) is 5.56 Å². The predicted octanol–water partition coefficient (Wildman–Crippen LogP) is 2.68. The number of hydrogen-bond acceptors (Lipinski definition) is 3. The highest BCUT2D eigenvalue weighted by Gasteiger charge is 2.23. The van der Waals surface area contributed by atoms with E-state index in [1.54, 1.807) is 11.0 Å². The molecular weight excluding hydrogens is 335 g/mol. The molecule has 1 amide bonds. The molecule has 0 fully saturated rings. The van der Waals surface area contributed by atoms with Gasteiger partial charge in [-0.05, 0) is 48.6 Å². The summed E-state index contributed by atoms with van der Waals surface area (Å²) < 4.78 is 0.741. The van der Waals surface area contributed by atoms with E-state index in [0.29, 0.717) is 13.1 Å². The first-order valence-corrected chi connectivity index (χ1v) is 6.32. The van der Waals surface area contributed by atoms with Gasteiger partial charge in [-0.3, -0.25) is 14.9 Å². The number of amides is 1. The lowest BCUT2D eigenvalue weighted by molar-refractivity contribution is -0.385. The Bertz CT molecular complexity index is 444. The molecule has 0 aromatic heterocycles. The Morgan fingerprint density at radius 3 is 2.47 bits per heavy atom. The molecule has 1 aromatic rings. The summed E-state index contributed by atoms with van der Waals surface area (Å²) in [4.78, 5) is 24.0. The molecule has 0 saturated heterocycles. The minimum absolute atomic E-state index is 0.131. The van der Waals surface area contributed by atoms with Crippen LogP contribution < -0.4 is 0 Å². The number of rotatable bonds is 4. The van der Waals surface area contributed by atoms with Crippen LogP contribution in [0.3, 0.4) is 0 Å². The van der Waals surface area contributed by atoms with Gasteiger partial charge in [0.05, 0.1) is 4.92 Å². The minimum Gasteiger partial charge on any atom is -0.339 e. The highest BCUT2D eigenvalue weighted by Crippen LogP contribution is 2.22. The molecule has 0 atom stereocenters. The zero-order chi connectivity index (χ0) is 13.0. The second-order valence-corrected chi connectivity index (χ2v) is 4.64. The van der Waals surface area contributed by atoms with Gasteiger partial charge in [0, 0.05) is 22.7 Å². The molecule has 92 valence electrons. The quantitative estimate of drug-likeness (QED) is 0.477. The van der Waals surface area contributed by atoms with Crippen molar-refractivity contribution in [2.24, 2.45) is 0 Å². The molecule has 1 aromatic carbocycles. The zero-order valence-electron chi connectivity index (χ0n) is 9.64. The third kappa shape index (κ3) is 3.15. The van der Waals surface area contributed by atoms with E-state index in [-0.39, 0.29) is 17.2 Å². The Labute approximate surface area is 113 Å². The van der Waals surface area contributed by atoms with Crippen LogP contribution in [0.5, 0.6) is 0 Å². The highest BCUT2D eigenvalue weighted by molar-refractivity contribution is 14.1. The first kappa shape index (κ1) is 13.9. The largest absolute Gasteiger partial charge is 0.339 e. The van der Waals surface area contributed by atoms with Crippen molar-refractivity contribution >= 4 is 34.2 Å². The van der Waals surface area contributed by atoms with Gasteiger partial charge in [0.25, 0.3) is 11.6 Å². The fourth-order valence-electron chi connectivity index (χ4n) is 1.52. The van der Waals surface area contributed by atoms with Crippen molar-refractivity contribution < 1.29 is 9.72 Å². The third-order valence-electron chi connectivity index (χ3n) is 2.44. The van der Waals surface area contributed by atoms with E-state index >= 15 is 0 Å². The molecule has 17 heavy (non-hydrogen) atoms. The summed E-state index contributed by atoms with van der Waals surface area (Å²) in [6.45, 7) is 4.77. The van der Waals surface area contributed by atoms with Gasteiger partial charge in [-0.25, -0.2) is 0 Å². The van der Waals surface area contributed by atoms with Crippen molar-refractivity contribution in [1.82, 2.24) is 4.90 Å². The van der Waals surface area contributed by atoms with Crippen LogP contribution in [0.4, 0.5) is 5.69 Å². The molecule has 0 aliphatic carbocycles. The summed E-state index contributed by atoms with van der Waals surface area (Å²) in [6, 6.07) is 4.63. The average molecular weight is 348 g/mol. The van der Waals surface area contributed by atoms with Gasteiger partial charge in [-0.1, -0.05) is 0 Å².